The average Bonchev–Trinajstić information content (AvgIpc) is 2.46. The summed E-state index contributed by atoms with van der Waals surface area (Å²) in [5.41, 5.74) is 1.00. The van der Waals surface area contributed by atoms with Gasteiger partial charge in [-0.2, -0.15) is 0 Å². The van der Waals surface area contributed by atoms with Crippen molar-refractivity contribution in [1.29, 1.82) is 0 Å². The Bertz CT molecular complexity index is 833. The zero-order valence-corrected chi connectivity index (χ0v) is 10.8. The van der Waals surface area contributed by atoms with Crippen LogP contribution in [0.5, 0.6) is 11.5 Å². The van der Waals surface area contributed by atoms with Gasteiger partial charge in [-0.05, 0) is 24.3 Å². The Morgan fingerprint density at radius 1 is 1.05 bits per heavy atom. The van der Waals surface area contributed by atoms with E-state index in [1.165, 1.54) is 6.07 Å². The van der Waals surface area contributed by atoms with Crippen LogP contribution in [0.15, 0.2) is 57.7 Å². The first-order valence-corrected chi connectivity index (χ1v) is 6.09. The Kier molecular flexibility index (Phi) is 2.91. The van der Waals surface area contributed by atoms with Gasteiger partial charge < -0.3 is 14.3 Å². The van der Waals surface area contributed by atoms with E-state index in [0.717, 1.165) is 5.39 Å². The van der Waals surface area contributed by atoms with E-state index >= 15 is 0 Å². The Labute approximate surface area is 114 Å². The van der Waals surface area contributed by atoms with Gasteiger partial charge in [0.05, 0.1) is 12.7 Å². The van der Waals surface area contributed by atoms with Gasteiger partial charge in [0.2, 0.25) is 0 Å². The molecule has 0 saturated heterocycles. The predicted octanol–water partition coefficient (Wildman–Crippen LogP) is 3.17. The molecule has 0 aliphatic carbocycles. The van der Waals surface area contributed by atoms with Crippen molar-refractivity contribution in [2.45, 2.75) is 0 Å². The molecule has 4 nitrogen and oxygen atoms in total. The summed E-state index contributed by atoms with van der Waals surface area (Å²) >= 11 is 0. The standard InChI is InChI=1S/C16H12O4/c1-19-14-5-3-2-4-12(14)13-8-10-6-7-11(17)9-15(10)20-16(13)18/h2-9,17H,1H3. The van der Waals surface area contributed by atoms with Crippen LogP contribution in [-0.2, 0) is 0 Å². The Morgan fingerprint density at radius 2 is 1.85 bits per heavy atom. The number of phenolic OH excluding ortho intramolecular Hbond substituents is 1. The smallest absolute Gasteiger partial charge is 0.344 e. The van der Waals surface area contributed by atoms with Crippen LogP contribution < -0.4 is 10.4 Å². The largest absolute Gasteiger partial charge is 0.508 e. The van der Waals surface area contributed by atoms with Crippen molar-refractivity contribution in [2.24, 2.45) is 0 Å². The zero-order chi connectivity index (χ0) is 14.1. The van der Waals surface area contributed by atoms with Crippen LogP contribution in [0.4, 0.5) is 0 Å². The molecular formula is C16H12O4. The molecule has 0 amide bonds. The molecule has 0 bridgehead atoms. The lowest BCUT2D eigenvalue weighted by atomic mass is 10.0. The number of hydrogen-bond acceptors (Lipinski definition) is 4. The van der Waals surface area contributed by atoms with E-state index in [9.17, 15) is 9.90 Å². The van der Waals surface area contributed by atoms with E-state index in [0.29, 0.717) is 22.5 Å². The molecular weight excluding hydrogens is 256 g/mol. The second-order valence-electron chi connectivity index (χ2n) is 4.37. The van der Waals surface area contributed by atoms with Crippen LogP contribution in [0, 0.1) is 0 Å². The van der Waals surface area contributed by atoms with Gasteiger partial charge in [-0.15, -0.1) is 0 Å². The van der Waals surface area contributed by atoms with Crippen LogP contribution in [-0.4, -0.2) is 12.2 Å². The first-order chi connectivity index (χ1) is 9.69. The lowest BCUT2D eigenvalue weighted by molar-refractivity contribution is 0.416. The van der Waals surface area contributed by atoms with Gasteiger partial charge in [-0.3, -0.25) is 0 Å². The molecule has 0 aliphatic rings. The van der Waals surface area contributed by atoms with Crippen molar-refractivity contribution in [1.82, 2.24) is 0 Å². The second kappa shape index (κ2) is 4.74. The van der Waals surface area contributed by atoms with Crippen LogP contribution in [0.3, 0.4) is 0 Å². The second-order valence-corrected chi connectivity index (χ2v) is 4.37. The molecule has 0 unspecified atom stereocenters. The summed E-state index contributed by atoms with van der Waals surface area (Å²) in [6, 6.07) is 13.7. The molecule has 0 atom stereocenters. The number of para-hydroxylation sites is 1. The molecule has 0 fully saturated rings. The highest BCUT2D eigenvalue weighted by molar-refractivity contribution is 5.83. The molecule has 3 aromatic rings. The predicted molar refractivity (Wildman–Crippen MR) is 76.1 cm³/mol. The highest BCUT2D eigenvalue weighted by Gasteiger charge is 2.12. The van der Waals surface area contributed by atoms with Gasteiger partial charge in [-0.25, -0.2) is 4.79 Å². The van der Waals surface area contributed by atoms with Gasteiger partial charge in [0.25, 0.3) is 0 Å². The third-order valence-corrected chi connectivity index (χ3v) is 3.12. The summed E-state index contributed by atoms with van der Waals surface area (Å²) in [5.74, 6) is 0.670. The van der Waals surface area contributed by atoms with E-state index in [2.05, 4.69) is 0 Å². The van der Waals surface area contributed by atoms with Crippen molar-refractivity contribution >= 4 is 11.0 Å². The average molecular weight is 268 g/mol. The van der Waals surface area contributed by atoms with E-state index in [4.69, 9.17) is 9.15 Å². The molecule has 1 heterocycles. The molecule has 2 aromatic carbocycles. The molecule has 0 aliphatic heterocycles. The molecule has 0 spiro atoms. The van der Waals surface area contributed by atoms with Crippen molar-refractivity contribution in [3.63, 3.8) is 0 Å². The summed E-state index contributed by atoms with van der Waals surface area (Å²) in [4.78, 5) is 12.1. The molecule has 100 valence electrons. The van der Waals surface area contributed by atoms with Crippen molar-refractivity contribution in [3.05, 3.63) is 59.0 Å². The Hall–Kier alpha value is -2.75. The van der Waals surface area contributed by atoms with Gasteiger partial charge in [0.15, 0.2) is 0 Å². The maximum absolute atomic E-state index is 12.1. The normalized spacial score (nSPS) is 10.7. The number of aromatic hydroxyl groups is 1. The topological polar surface area (TPSA) is 59.7 Å². The number of benzene rings is 2. The van der Waals surface area contributed by atoms with Gasteiger partial charge >= 0.3 is 5.63 Å². The van der Waals surface area contributed by atoms with Gasteiger partial charge in [-0.1, -0.05) is 18.2 Å². The Balaban J connectivity index is 2.29. The van der Waals surface area contributed by atoms with Crippen LogP contribution >= 0.6 is 0 Å². The van der Waals surface area contributed by atoms with E-state index in [1.807, 2.05) is 12.1 Å². The lowest BCUT2D eigenvalue weighted by Crippen LogP contribution is -2.03. The minimum atomic E-state index is -0.465. The zero-order valence-electron chi connectivity index (χ0n) is 10.8. The fourth-order valence-electron chi connectivity index (χ4n) is 2.15. The molecule has 0 radical (unpaired) electrons. The molecule has 1 aromatic heterocycles. The van der Waals surface area contributed by atoms with Crippen LogP contribution in [0.25, 0.3) is 22.1 Å². The minimum absolute atomic E-state index is 0.0608. The number of methoxy groups -OCH3 is 1. The highest BCUT2D eigenvalue weighted by atomic mass is 16.5. The molecule has 1 N–H and O–H groups in total. The number of phenols is 1. The summed E-state index contributed by atoms with van der Waals surface area (Å²) in [6.45, 7) is 0. The molecule has 3 rings (SSSR count). The fraction of sp³-hybridized carbons (Fsp3) is 0.0625. The number of rotatable bonds is 2. The van der Waals surface area contributed by atoms with Crippen LogP contribution in [0.1, 0.15) is 0 Å². The SMILES string of the molecule is COc1ccccc1-c1cc2ccc(O)cc2oc1=O. The maximum Gasteiger partial charge on any atom is 0.344 e. The quantitative estimate of drug-likeness (QED) is 0.725. The van der Waals surface area contributed by atoms with Gasteiger partial charge in [0.1, 0.15) is 17.1 Å². The number of ether oxygens (including phenoxy) is 1. The lowest BCUT2D eigenvalue weighted by Gasteiger charge is -2.07. The third-order valence-electron chi connectivity index (χ3n) is 3.12. The monoisotopic (exact) mass is 268 g/mol. The first-order valence-electron chi connectivity index (χ1n) is 6.09. The molecule has 0 saturated carbocycles. The van der Waals surface area contributed by atoms with Crippen molar-refractivity contribution in [2.75, 3.05) is 7.11 Å². The van der Waals surface area contributed by atoms with Crippen molar-refractivity contribution in [3.8, 4) is 22.6 Å². The van der Waals surface area contributed by atoms with Crippen LogP contribution in [0.2, 0.25) is 0 Å². The van der Waals surface area contributed by atoms with E-state index in [1.54, 1.807) is 37.4 Å². The Morgan fingerprint density at radius 3 is 2.65 bits per heavy atom. The van der Waals surface area contributed by atoms with E-state index < -0.39 is 5.63 Å². The fourth-order valence-corrected chi connectivity index (χ4v) is 2.15. The summed E-state index contributed by atoms with van der Waals surface area (Å²) in [7, 11) is 1.56. The molecule has 20 heavy (non-hydrogen) atoms. The minimum Gasteiger partial charge on any atom is -0.508 e. The van der Waals surface area contributed by atoms with E-state index in [-0.39, 0.29) is 5.75 Å². The third kappa shape index (κ3) is 2.01. The summed E-state index contributed by atoms with van der Waals surface area (Å²) in [6.07, 6.45) is 0. The maximum atomic E-state index is 12.1. The number of fused-ring (bicyclic) bond motifs is 1. The van der Waals surface area contributed by atoms with Crippen molar-refractivity contribution < 1.29 is 14.3 Å². The van der Waals surface area contributed by atoms with Gasteiger partial charge in [0, 0.05) is 17.0 Å². The number of hydrogen-bond donors (Lipinski definition) is 1. The first kappa shape index (κ1) is 12.3. The highest BCUT2D eigenvalue weighted by Crippen LogP contribution is 2.29. The summed E-state index contributed by atoms with van der Waals surface area (Å²) < 4.78 is 10.5. The summed E-state index contributed by atoms with van der Waals surface area (Å²) in [5, 5.41) is 10.1. The molecule has 4 heteroatoms.